The summed E-state index contributed by atoms with van der Waals surface area (Å²) in [6.07, 6.45) is 1.51. The molecule has 0 atom stereocenters. The fraction of sp³-hybridized carbons (Fsp3) is 0.133. The van der Waals surface area contributed by atoms with Crippen LogP contribution in [0.5, 0.6) is 0 Å². The van der Waals surface area contributed by atoms with Gasteiger partial charge in [0.1, 0.15) is 11.8 Å². The number of carboxylic acid groups (broad SMARTS) is 1. The highest BCUT2D eigenvalue weighted by Crippen LogP contribution is 2.17. The lowest BCUT2D eigenvalue weighted by molar-refractivity contribution is 0.0690. The molecule has 0 aliphatic carbocycles. The van der Waals surface area contributed by atoms with E-state index in [1.807, 2.05) is 25.1 Å². The number of aryl methyl sites for hydroxylation is 1. The Hall–Kier alpha value is -2.87. The molecule has 0 bridgehead atoms. The third-order valence-corrected chi connectivity index (χ3v) is 2.82. The number of aromatic carboxylic acids is 1. The van der Waals surface area contributed by atoms with E-state index in [1.165, 1.54) is 12.3 Å². The Bertz CT molecular complexity index is 673. The van der Waals surface area contributed by atoms with Crippen molar-refractivity contribution in [3.63, 3.8) is 0 Å². The molecule has 0 unspecified atom stereocenters. The zero-order valence-corrected chi connectivity index (χ0v) is 10.9. The van der Waals surface area contributed by atoms with Crippen LogP contribution >= 0.6 is 0 Å². The summed E-state index contributed by atoms with van der Waals surface area (Å²) in [6.45, 7) is 2.41. The van der Waals surface area contributed by atoms with Crippen LogP contribution in [0.3, 0.4) is 0 Å². The van der Waals surface area contributed by atoms with Crippen molar-refractivity contribution >= 4 is 11.7 Å². The molecule has 1 heterocycles. The summed E-state index contributed by atoms with van der Waals surface area (Å²) < 4.78 is 0. The normalized spacial score (nSPS) is 9.80. The fourth-order valence-corrected chi connectivity index (χ4v) is 1.76. The van der Waals surface area contributed by atoms with Crippen molar-refractivity contribution in [1.29, 1.82) is 5.26 Å². The first-order chi connectivity index (χ1) is 9.60. The Labute approximate surface area is 116 Å². The van der Waals surface area contributed by atoms with E-state index in [1.54, 1.807) is 6.07 Å². The molecule has 0 spiro atoms. The SMILES string of the molecule is Cc1ccc(NCc2ccc(C(=O)O)nc2)c(C#N)c1. The summed E-state index contributed by atoms with van der Waals surface area (Å²) in [4.78, 5) is 14.5. The summed E-state index contributed by atoms with van der Waals surface area (Å²) in [5.41, 5.74) is 3.22. The molecule has 2 aromatic rings. The number of anilines is 1. The first-order valence-electron chi connectivity index (χ1n) is 6.03. The van der Waals surface area contributed by atoms with Crippen molar-refractivity contribution < 1.29 is 9.90 Å². The van der Waals surface area contributed by atoms with E-state index in [-0.39, 0.29) is 5.69 Å². The molecule has 0 fully saturated rings. The molecule has 0 radical (unpaired) electrons. The second kappa shape index (κ2) is 5.85. The van der Waals surface area contributed by atoms with Crippen LogP contribution in [0.25, 0.3) is 0 Å². The topological polar surface area (TPSA) is 86.0 Å². The number of pyridine rings is 1. The van der Waals surface area contributed by atoms with E-state index in [4.69, 9.17) is 10.4 Å². The van der Waals surface area contributed by atoms with Gasteiger partial charge in [-0.05, 0) is 36.2 Å². The summed E-state index contributed by atoms with van der Waals surface area (Å²) in [5.74, 6) is -1.05. The van der Waals surface area contributed by atoms with Crippen LogP contribution in [0.1, 0.15) is 27.2 Å². The molecule has 0 saturated carbocycles. The maximum Gasteiger partial charge on any atom is 0.354 e. The highest BCUT2D eigenvalue weighted by atomic mass is 16.4. The van der Waals surface area contributed by atoms with E-state index in [0.29, 0.717) is 12.1 Å². The van der Waals surface area contributed by atoms with E-state index in [9.17, 15) is 4.79 Å². The number of carboxylic acids is 1. The van der Waals surface area contributed by atoms with E-state index < -0.39 is 5.97 Å². The van der Waals surface area contributed by atoms with Crippen molar-refractivity contribution in [3.8, 4) is 6.07 Å². The number of nitrogens with zero attached hydrogens (tertiary/aromatic N) is 2. The number of nitrogens with one attached hydrogen (secondary N) is 1. The number of aromatic nitrogens is 1. The van der Waals surface area contributed by atoms with Gasteiger partial charge >= 0.3 is 5.97 Å². The minimum absolute atomic E-state index is 0.0156. The van der Waals surface area contributed by atoms with Gasteiger partial charge in [-0.2, -0.15) is 5.26 Å². The lowest BCUT2D eigenvalue weighted by atomic mass is 10.1. The van der Waals surface area contributed by atoms with Gasteiger partial charge in [-0.3, -0.25) is 0 Å². The number of hydrogen-bond acceptors (Lipinski definition) is 4. The first kappa shape index (κ1) is 13.6. The molecule has 5 heteroatoms. The largest absolute Gasteiger partial charge is 0.477 e. The van der Waals surface area contributed by atoms with Crippen LogP contribution in [0.4, 0.5) is 5.69 Å². The number of benzene rings is 1. The van der Waals surface area contributed by atoms with Crippen molar-refractivity contribution in [2.75, 3.05) is 5.32 Å². The fourth-order valence-electron chi connectivity index (χ4n) is 1.76. The summed E-state index contributed by atoms with van der Waals surface area (Å²) in [6, 6.07) is 10.9. The van der Waals surface area contributed by atoms with Gasteiger partial charge in [0.15, 0.2) is 0 Å². The van der Waals surface area contributed by atoms with Gasteiger partial charge in [-0.1, -0.05) is 12.1 Å². The molecular weight excluding hydrogens is 254 g/mol. The van der Waals surface area contributed by atoms with Crippen molar-refractivity contribution in [3.05, 3.63) is 58.9 Å². The molecule has 2 rings (SSSR count). The van der Waals surface area contributed by atoms with Gasteiger partial charge in [0.2, 0.25) is 0 Å². The van der Waals surface area contributed by atoms with Crippen LogP contribution in [-0.4, -0.2) is 16.1 Å². The zero-order valence-electron chi connectivity index (χ0n) is 10.9. The number of hydrogen-bond donors (Lipinski definition) is 2. The summed E-state index contributed by atoms with van der Waals surface area (Å²) in [7, 11) is 0. The quantitative estimate of drug-likeness (QED) is 0.889. The van der Waals surface area contributed by atoms with E-state index in [2.05, 4.69) is 16.4 Å². The van der Waals surface area contributed by atoms with Gasteiger partial charge in [0.25, 0.3) is 0 Å². The Balaban J connectivity index is 2.09. The number of nitriles is 1. The molecule has 0 saturated heterocycles. The third kappa shape index (κ3) is 3.12. The monoisotopic (exact) mass is 267 g/mol. The van der Waals surface area contributed by atoms with Crippen LogP contribution < -0.4 is 5.32 Å². The molecule has 0 aliphatic rings. The molecule has 20 heavy (non-hydrogen) atoms. The van der Waals surface area contributed by atoms with Gasteiger partial charge in [-0.15, -0.1) is 0 Å². The van der Waals surface area contributed by atoms with Crippen LogP contribution in [0, 0.1) is 18.3 Å². The predicted molar refractivity (Wildman–Crippen MR) is 74.4 cm³/mol. The molecule has 0 amide bonds. The first-order valence-corrected chi connectivity index (χ1v) is 6.03. The zero-order chi connectivity index (χ0) is 14.5. The van der Waals surface area contributed by atoms with Gasteiger partial charge < -0.3 is 10.4 Å². The van der Waals surface area contributed by atoms with E-state index in [0.717, 1.165) is 16.8 Å². The standard InChI is InChI=1S/C15H13N3O2/c1-10-2-4-13(12(6-10)7-16)17-8-11-3-5-14(15(19)20)18-9-11/h2-6,9,17H,8H2,1H3,(H,19,20). The van der Waals surface area contributed by atoms with Crippen LogP contribution in [0.15, 0.2) is 36.5 Å². The highest BCUT2D eigenvalue weighted by molar-refractivity contribution is 5.85. The van der Waals surface area contributed by atoms with Crippen LogP contribution in [0.2, 0.25) is 0 Å². The molecule has 100 valence electrons. The Morgan fingerprint density at radius 2 is 2.20 bits per heavy atom. The lowest BCUT2D eigenvalue weighted by Gasteiger charge is -2.09. The Kier molecular flexibility index (Phi) is 3.96. The minimum Gasteiger partial charge on any atom is -0.477 e. The maximum absolute atomic E-state index is 10.7. The van der Waals surface area contributed by atoms with Crippen LogP contribution in [-0.2, 0) is 6.54 Å². The van der Waals surface area contributed by atoms with Crippen molar-refractivity contribution in [2.24, 2.45) is 0 Å². The summed E-state index contributed by atoms with van der Waals surface area (Å²) >= 11 is 0. The van der Waals surface area contributed by atoms with Crippen molar-refractivity contribution in [2.45, 2.75) is 13.5 Å². The smallest absolute Gasteiger partial charge is 0.354 e. The highest BCUT2D eigenvalue weighted by Gasteiger charge is 2.05. The van der Waals surface area contributed by atoms with Gasteiger partial charge in [-0.25, -0.2) is 9.78 Å². The molecule has 5 nitrogen and oxygen atoms in total. The second-order valence-electron chi connectivity index (χ2n) is 4.37. The number of rotatable bonds is 4. The predicted octanol–water partition coefficient (Wildman–Crippen LogP) is 2.57. The second-order valence-corrected chi connectivity index (χ2v) is 4.37. The molecular formula is C15H13N3O2. The third-order valence-electron chi connectivity index (χ3n) is 2.82. The van der Waals surface area contributed by atoms with Gasteiger partial charge in [0, 0.05) is 12.7 Å². The Morgan fingerprint density at radius 1 is 1.40 bits per heavy atom. The maximum atomic E-state index is 10.7. The molecule has 1 aromatic carbocycles. The molecule has 1 aromatic heterocycles. The van der Waals surface area contributed by atoms with E-state index >= 15 is 0 Å². The summed E-state index contributed by atoms with van der Waals surface area (Å²) in [5, 5.41) is 21.0. The Morgan fingerprint density at radius 3 is 2.80 bits per heavy atom. The van der Waals surface area contributed by atoms with Crippen molar-refractivity contribution in [1.82, 2.24) is 4.98 Å². The lowest BCUT2D eigenvalue weighted by Crippen LogP contribution is -2.04. The minimum atomic E-state index is -1.05. The van der Waals surface area contributed by atoms with Gasteiger partial charge in [0.05, 0.1) is 11.3 Å². The average molecular weight is 267 g/mol. The molecule has 2 N–H and O–H groups in total. The number of carbonyl (C=O) groups is 1. The molecule has 0 aliphatic heterocycles. The average Bonchev–Trinajstić information content (AvgIpc) is 2.46.